The van der Waals surface area contributed by atoms with Crippen molar-refractivity contribution in [2.24, 2.45) is 0 Å². The molecule has 2 aromatic carbocycles. The molecule has 0 aliphatic carbocycles. The average molecular weight is 374 g/mol. The lowest BCUT2D eigenvalue weighted by atomic mass is 10.0. The molecule has 0 saturated heterocycles. The molecule has 0 radical (unpaired) electrons. The van der Waals surface area contributed by atoms with E-state index in [4.69, 9.17) is 16.3 Å². The van der Waals surface area contributed by atoms with Crippen LogP contribution in [0.15, 0.2) is 42.5 Å². The van der Waals surface area contributed by atoms with Crippen LogP contribution in [-0.4, -0.2) is 13.0 Å². The second-order valence-corrected chi connectivity index (χ2v) is 7.67. The van der Waals surface area contributed by atoms with Gasteiger partial charge in [0.15, 0.2) is 0 Å². The molecule has 1 heterocycles. The summed E-state index contributed by atoms with van der Waals surface area (Å²) in [5.74, 6) is 0.963. The van der Waals surface area contributed by atoms with Crippen molar-refractivity contribution in [3.8, 4) is 5.75 Å². The molecule has 0 saturated carbocycles. The molecule has 5 heteroatoms. The van der Waals surface area contributed by atoms with E-state index in [9.17, 15) is 4.79 Å². The first kappa shape index (κ1) is 17.8. The van der Waals surface area contributed by atoms with Crippen molar-refractivity contribution < 1.29 is 9.53 Å². The van der Waals surface area contributed by atoms with Crippen molar-refractivity contribution in [2.45, 2.75) is 26.3 Å². The van der Waals surface area contributed by atoms with Crippen LogP contribution >= 0.6 is 22.9 Å². The molecular formula is C20H20ClNO2S. The van der Waals surface area contributed by atoms with Gasteiger partial charge in [-0.05, 0) is 35.2 Å². The van der Waals surface area contributed by atoms with E-state index in [0.29, 0.717) is 28.1 Å². The Labute approximate surface area is 156 Å². The van der Waals surface area contributed by atoms with E-state index in [1.54, 1.807) is 13.2 Å². The zero-order valence-corrected chi connectivity index (χ0v) is 16.0. The van der Waals surface area contributed by atoms with Gasteiger partial charge in [-0.25, -0.2) is 0 Å². The SMILES string of the molecule is COc1c(C(=O)NCc2ccc(C(C)C)cc2)sc2cc(Cl)ccc12. The Kier molecular flexibility index (Phi) is 5.30. The molecule has 1 amide bonds. The molecule has 1 aromatic heterocycles. The number of halogens is 1. The summed E-state index contributed by atoms with van der Waals surface area (Å²) in [5.41, 5.74) is 2.36. The van der Waals surface area contributed by atoms with E-state index in [-0.39, 0.29) is 5.91 Å². The average Bonchev–Trinajstić information content (AvgIpc) is 2.97. The number of fused-ring (bicyclic) bond motifs is 1. The maximum Gasteiger partial charge on any atom is 0.265 e. The van der Waals surface area contributed by atoms with Gasteiger partial charge in [-0.2, -0.15) is 0 Å². The zero-order chi connectivity index (χ0) is 18.0. The number of methoxy groups -OCH3 is 1. The Morgan fingerprint density at radius 2 is 1.92 bits per heavy atom. The number of rotatable bonds is 5. The van der Waals surface area contributed by atoms with E-state index < -0.39 is 0 Å². The molecule has 25 heavy (non-hydrogen) atoms. The van der Waals surface area contributed by atoms with Crippen LogP contribution in [0.1, 0.15) is 40.6 Å². The number of thiophene rings is 1. The van der Waals surface area contributed by atoms with E-state index in [1.165, 1.54) is 16.9 Å². The molecule has 1 N–H and O–H groups in total. The predicted molar refractivity (Wildman–Crippen MR) is 105 cm³/mol. The number of ether oxygens (including phenoxy) is 1. The maximum atomic E-state index is 12.6. The minimum Gasteiger partial charge on any atom is -0.494 e. The van der Waals surface area contributed by atoms with Crippen LogP contribution in [0.2, 0.25) is 5.02 Å². The number of hydrogen-bond donors (Lipinski definition) is 1. The Balaban J connectivity index is 1.78. The molecule has 0 bridgehead atoms. The summed E-state index contributed by atoms with van der Waals surface area (Å²) in [5, 5.41) is 4.53. The molecule has 0 fully saturated rings. The highest BCUT2D eigenvalue weighted by atomic mass is 35.5. The third kappa shape index (κ3) is 3.80. The summed E-state index contributed by atoms with van der Waals surface area (Å²) >= 11 is 7.44. The van der Waals surface area contributed by atoms with Gasteiger partial charge >= 0.3 is 0 Å². The van der Waals surface area contributed by atoms with Gasteiger partial charge in [0, 0.05) is 21.7 Å². The molecule has 0 atom stereocenters. The summed E-state index contributed by atoms with van der Waals surface area (Å²) < 4.78 is 6.40. The molecule has 130 valence electrons. The molecule has 0 spiro atoms. The van der Waals surface area contributed by atoms with Crippen LogP contribution in [0.25, 0.3) is 10.1 Å². The third-order valence-electron chi connectivity index (χ3n) is 4.12. The van der Waals surface area contributed by atoms with Crippen molar-refractivity contribution in [2.75, 3.05) is 7.11 Å². The molecule has 0 aliphatic rings. The Bertz CT molecular complexity index is 900. The van der Waals surface area contributed by atoms with Gasteiger partial charge in [-0.3, -0.25) is 4.79 Å². The number of benzene rings is 2. The molecule has 3 aromatic rings. The number of hydrogen-bond acceptors (Lipinski definition) is 3. The van der Waals surface area contributed by atoms with E-state index in [2.05, 4.69) is 43.4 Å². The van der Waals surface area contributed by atoms with Crippen molar-refractivity contribution >= 4 is 38.9 Å². The van der Waals surface area contributed by atoms with Crippen LogP contribution in [0, 0.1) is 0 Å². The highest BCUT2D eigenvalue weighted by Crippen LogP contribution is 2.38. The minimum atomic E-state index is -0.137. The second kappa shape index (κ2) is 7.46. The largest absolute Gasteiger partial charge is 0.494 e. The van der Waals surface area contributed by atoms with Gasteiger partial charge in [0.25, 0.3) is 5.91 Å². The molecule has 0 unspecified atom stereocenters. The monoisotopic (exact) mass is 373 g/mol. The Hall–Kier alpha value is -2.04. The molecular weight excluding hydrogens is 354 g/mol. The van der Waals surface area contributed by atoms with Gasteiger partial charge in [0.1, 0.15) is 10.6 Å². The maximum absolute atomic E-state index is 12.6. The van der Waals surface area contributed by atoms with Gasteiger partial charge in [-0.1, -0.05) is 49.7 Å². The summed E-state index contributed by atoms with van der Waals surface area (Å²) in [4.78, 5) is 13.2. The highest BCUT2D eigenvalue weighted by molar-refractivity contribution is 7.21. The lowest BCUT2D eigenvalue weighted by Gasteiger charge is -2.08. The first-order valence-corrected chi connectivity index (χ1v) is 9.32. The van der Waals surface area contributed by atoms with Gasteiger partial charge in [0.05, 0.1) is 7.11 Å². The minimum absolute atomic E-state index is 0.137. The first-order chi connectivity index (χ1) is 12.0. The first-order valence-electron chi connectivity index (χ1n) is 8.12. The zero-order valence-electron chi connectivity index (χ0n) is 14.4. The summed E-state index contributed by atoms with van der Waals surface area (Å²) in [6, 6.07) is 13.9. The van der Waals surface area contributed by atoms with Crippen LogP contribution in [-0.2, 0) is 6.54 Å². The molecule has 3 rings (SSSR count). The highest BCUT2D eigenvalue weighted by Gasteiger charge is 2.19. The van der Waals surface area contributed by atoms with Gasteiger partial charge < -0.3 is 10.1 Å². The van der Waals surface area contributed by atoms with Crippen molar-refractivity contribution in [3.05, 3.63) is 63.5 Å². The number of carbonyl (C=O) groups is 1. The van der Waals surface area contributed by atoms with Crippen molar-refractivity contribution in [1.82, 2.24) is 5.32 Å². The fourth-order valence-electron chi connectivity index (χ4n) is 2.68. The lowest BCUT2D eigenvalue weighted by Crippen LogP contribution is -2.22. The van der Waals surface area contributed by atoms with E-state index in [1.807, 2.05) is 12.1 Å². The summed E-state index contributed by atoms with van der Waals surface area (Å²) in [6.45, 7) is 4.81. The molecule has 3 nitrogen and oxygen atoms in total. The fraction of sp³-hybridized carbons (Fsp3) is 0.250. The van der Waals surface area contributed by atoms with E-state index >= 15 is 0 Å². The Morgan fingerprint density at radius 1 is 1.20 bits per heavy atom. The second-order valence-electron chi connectivity index (χ2n) is 6.18. The summed E-state index contributed by atoms with van der Waals surface area (Å²) in [6.07, 6.45) is 0. The predicted octanol–water partition coefficient (Wildman–Crippen LogP) is 5.62. The van der Waals surface area contributed by atoms with Crippen LogP contribution in [0.3, 0.4) is 0 Å². The van der Waals surface area contributed by atoms with Crippen molar-refractivity contribution in [1.29, 1.82) is 0 Å². The van der Waals surface area contributed by atoms with Crippen LogP contribution < -0.4 is 10.1 Å². The quantitative estimate of drug-likeness (QED) is 0.630. The third-order valence-corrected chi connectivity index (χ3v) is 5.48. The number of carbonyl (C=O) groups excluding carboxylic acids is 1. The number of nitrogens with one attached hydrogen (secondary N) is 1. The summed E-state index contributed by atoms with van der Waals surface area (Å²) in [7, 11) is 1.58. The Morgan fingerprint density at radius 3 is 2.56 bits per heavy atom. The smallest absolute Gasteiger partial charge is 0.265 e. The van der Waals surface area contributed by atoms with Gasteiger partial charge in [-0.15, -0.1) is 11.3 Å². The topological polar surface area (TPSA) is 38.3 Å². The lowest BCUT2D eigenvalue weighted by molar-refractivity contribution is 0.0952. The number of amides is 1. The van der Waals surface area contributed by atoms with Crippen LogP contribution in [0.5, 0.6) is 5.75 Å². The van der Waals surface area contributed by atoms with Crippen molar-refractivity contribution in [3.63, 3.8) is 0 Å². The van der Waals surface area contributed by atoms with E-state index in [0.717, 1.165) is 15.6 Å². The normalized spacial score (nSPS) is 11.1. The van der Waals surface area contributed by atoms with Gasteiger partial charge in [0.2, 0.25) is 0 Å². The standard InChI is InChI=1S/C20H20ClNO2S/c1-12(2)14-6-4-13(5-7-14)11-22-20(23)19-18(24-3)16-9-8-15(21)10-17(16)25-19/h4-10,12H,11H2,1-3H3,(H,22,23). The van der Waals surface area contributed by atoms with Crippen LogP contribution in [0.4, 0.5) is 0 Å². The fourth-order valence-corrected chi connectivity index (χ4v) is 4.05. The molecule has 0 aliphatic heterocycles.